The molecule has 0 aromatic rings. The normalized spacial score (nSPS) is 10.8. The summed E-state index contributed by atoms with van der Waals surface area (Å²) in [5, 5.41) is 0. The summed E-state index contributed by atoms with van der Waals surface area (Å²) in [5.41, 5.74) is 0. The molecule has 2 N–H and O–H groups in total. The zero-order valence-corrected chi connectivity index (χ0v) is 6.28. The van der Waals surface area contributed by atoms with E-state index in [9.17, 15) is 14.2 Å². The van der Waals surface area contributed by atoms with Gasteiger partial charge in [0.15, 0.2) is 0 Å². The van der Waals surface area contributed by atoms with E-state index in [-0.39, 0.29) is 0 Å². The van der Waals surface area contributed by atoms with Gasteiger partial charge in [0.1, 0.15) is 0 Å². The number of Topliss-reactive ketones (excluding diaryl/α,β-unsaturated/α-hetero) is 1. The molecule has 0 amide bonds. The minimum atomic E-state index is -4.85. The monoisotopic (exact) mass is 184 g/mol. The molecule has 0 aliphatic rings. The van der Waals surface area contributed by atoms with E-state index in [1.54, 1.807) is 0 Å². The standard InChI is InChI=1S/C3H5O7P/c1-2(4)3(5)9-10-11(6,7)8/h1H3,(H2,6,7,8). The fourth-order valence-electron chi connectivity index (χ4n) is 0.141. The van der Waals surface area contributed by atoms with Gasteiger partial charge >= 0.3 is 13.8 Å². The molecule has 64 valence electrons. The van der Waals surface area contributed by atoms with Crippen LogP contribution in [0.3, 0.4) is 0 Å². The minimum absolute atomic E-state index is 0.866. The molecule has 0 aromatic heterocycles. The van der Waals surface area contributed by atoms with Crippen molar-refractivity contribution in [3.05, 3.63) is 0 Å². The molecular weight excluding hydrogens is 179 g/mol. The van der Waals surface area contributed by atoms with Crippen molar-refractivity contribution in [2.45, 2.75) is 6.92 Å². The van der Waals surface area contributed by atoms with Crippen molar-refractivity contribution in [1.82, 2.24) is 0 Å². The second kappa shape index (κ2) is 3.59. The van der Waals surface area contributed by atoms with Crippen LogP contribution < -0.4 is 0 Å². The molecule has 0 saturated carbocycles. The number of ketones is 1. The van der Waals surface area contributed by atoms with Crippen LogP contribution in [0, 0.1) is 0 Å². The lowest BCUT2D eigenvalue weighted by molar-refractivity contribution is -0.220. The van der Waals surface area contributed by atoms with Gasteiger partial charge in [-0.25, -0.2) is 9.36 Å². The molecule has 0 rings (SSSR count). The van der Waals surface area contributed by atoms with Gasteiger partial charge in [0.05, 0.1) is 0 Å². The smallest absolute Gasteiger partial charge is 0.301 e. The molecule has 0 fully saturated rings. The Morgan fingerprint density at radius 3 is 2.09 bits per heavy atom. The average molecular weight is 184 g/mol. The number of rotatable bonds is 3. The first-order valence-corrected chi connectivity index (χ1v) is 3.82. The van der Waals surface area contributed by atoms with Crippen LogP contribution in [0.2, 0.25) is 0 Å². The number of carbonyl (C=O) groups excluding carboxylic acids is 2. The first-order valence-electron chi connectivity index (χ1n) is 2.29. The van der Waals surface area contributed by atoms with Crippen molar-refractivity contribution in [2.75, 3.05) is 0 Å². The third kappa shape index (κ3) is 5.68. The fraction of sp³-hybridized carbons (Fsp3) is 0.333. The Bertz CT molecular complexity index is 214. The van der Waals surface area contributed by atoms with E-state index < -0.39 is 19.6 Å². The summed E-state index contributed by atoms with van der Waals surface area (Å²) in [6.07, 6.45) is 0. The third-order valence-corrected chi connectivity index (χ3v) is 0.766. The summed E-state index contributed by atoms with van der Waals surface area (Å²) < 4.78 is 13.1. The van der Waals surface area contributed by atoms with Gasteiger partial charge in [-0.15, -0.1) is 0 Å². The van der Waals surface area contributed by atoms with Crippen molar-refractivity contribution in [1.29, 1.82) is 0 Å². The van der Waals surface area contributed by atoms with E-state index in [4.69, 9.17) is 9.79 Å². The Kier molecular flexibility index (Phi) is 3.34. The summed E-state index contributed by atoms with van der Waals surface area (Å²) >= 11 is 0. The van der Waals surface area contributed by atoms with Gasteiger partial charge in [-0.3, -0.25) is 9.68 Å². The molecule has 0 bridgehead atoms. The maximum atomic E-state index is 10.1. The quantitative estimate of drug-likeness (QED) is 0.254. The molecule has 8 heteroatoms. The van der Waals surface area contributed by atoms with Crippen molar-refractivity contribution in [2.24, 2.45) is 0 Å². The Morgan fingerprint density at radius 2 is 1.82 bits per heavy atom. The Balaban J connectivity index is 3.82. The molecule has 0 heterocycles. The fourth-order valence-corrected chi connectivity index (χ4v) is 0.306. The Morgan fingerprint density at radius 1 is 1.36 bits per heavy atom. The highest BCUT2D eigenvalue weighted by molar-refractivity contribution is 7.46. The van der Waals surface area contributed by atoms with Crippen LogP contribution in [-0.4, -0.2) is 21.5 Å². The summed E-state index contributed by atoms with van der Waals surface area (Å²) in [4.78, 5) is 39.5. The molecule has 0 unspecified atom stereocenters. The largest absolute Gasteiger partial charge is 0.505 e. The number of carbonyl (C=O) groups is 2. The SMILES string of the molecule is CC(=O)C(=O)OOP(=O)(O)O. The number of hydrogen-bond acceptors (Lipinski definition) is 5. The molecular formula is C3H5O7P. The second-order valence-corrected chi connectivity index (χ2v) is 2.62. The molecule has 0 spiro atoms. The van der Waals surface area contributed by atoms with Gasteiger partial charge in [0, 0.05) is 6.92 Å². The lowest BCUT2D eigenvalue weighted by Gasteiger charge is -2.00. The predicted octanol–water partition coefficient (Wildman–Crippen LogP) is -0.857. The van der Waals surface area contributed by atoms with Crippen LogP contribution in [0.5, 0.6) is 0 Å². The van der Waals surface area contributed by atoms with Gasteiger partial charge in [-0.2, -0.15) is 0 Å². The number of phosphoric acid groups is 1. The van der Waals surface area contributed by atoms with E-state index in [2.05, 4.69) is 9.56 Å². The van der Waals surface area contributed by atoms with E-state index in [1.807, 2.05) is 0 Å². The first kappa shape index (κ1) is 10.2. The molecule has 0 aromatic carbocycles. The van der Waals surface area contributed by atoms with Crippen molar-refractivity contribution >= 4 is 19.6 Å². The number of hydrogen-bond donors (Lipinski definition) is 2. The van der Waals surface area contributed by atoms with E-state index in [0.29, 0.717) is 0 Å². The van der Waals surface area contributed by atoms with E-state index >= 15 is 0 Å². The van der Waals surface area contributed by atoms with Crippen molar-refractivity contribution < 1.29 is 33.5 Å². The Labute approximate surface area is 61.1 Å². The predicted molar refractivity (Wildman–Crippen MR) is 29.9 cm³/mol. The van der Waals surface area contributed by atoms with Crippen LogP contribution in [0.4, 0.5) is 0 Å². The molecule has 0 atom stereocenters. The lowest BCUT2D eigenvalue weighted by Crippen LogP contribution is -2.13. The molecule has 0 aliphatic carbocycles. The summed E-state index contributed by atoms with van der Waals surface area (Å²) in [6, 6.07) is 0. The molecule has 0 aliphatic heterocycles. The highest BCUT2D eigenvalue weighted by atomic mass is 31.2. The maximum absolute atomic E-state index is 10.1. The molecule has 0 radical (unpaired) electrons. The van der Waals surface area contributed by atoms with Crippen molar-refractivity contribution in [3.63, 3.8) is 0 Å². The van der Waals surface area contributed by atoms with Crippen molar-refractivity contribution in [3.8, 4) is 0 Å². The molecule has 11 heavy (non-hydrogen) atoms. The van der Waals surface area contributed by atoms with E-state index in [0.717, 1.165) is 6.92 Å². The lowest BCUT2D eigenvalue weighted by atomic mass is 10.5. The van der Waals surface area contributed by atoms with Crippen LogP contribution in [0.1, 0.15) is 6.92 Å². The molecule has 7 nitrogen and oxygen atoms in total. The van der Waals surface area contributed by atoms with Crippen LogP contribution in [0.25, 0.3) is 0 Å². The summed E-state index contributed by atoms with van der Waals surface area (Å²) in [6.45, 7) is 0.866. The molecule has 0 saturated heterocycles. The van der Waals surface area contributed by atoms with E-state index in [1.165, 1.54) is 0 Å². The Hall–Kier alpha value is -0.750. The van der Waals surface area contributed by atoms with Crippen LogP contribution >= 0.6 is 7.82 Å². The zero-order valence-electron chi connectivity index (χ0n) is 5.38. The van der Waals surface area contributed by atoms with Gasteiger partial charge in [-0.1, -0.05) is 4.67 Å². The summed E-state index contributed by atoms with van der Waals surface area (Å²) in [5.74, 6) is -2.48. The highest BCUT2D eigenvalue weighted by Crippen LogP contribution is 2.35. The average Bonchev–Trinajstić information content (AvgIpc) is 1.80. The topological polar surface area (TPSA) is 110 Å². The van der Waals surface area contributed by atoms with Crippen LogP contribution in [-0.2, 0) is 23.7 Å². The van der Waals surface area contributed by atoms with Gasteiger partial charge < -0.3 is 9.79 Å². The summed E-state index contributed by atoms with van der Waals surface area (Å²) in [7, 11) is -4.85. The minimum Gasteiger partial charge on any atom is -0.301 e. The highest BCUT2D eigenvalue weighted by Gasteiger charge is 2.20. The zero-order chi connectivity index (χ0) is 9.07. The van der Waals surface area contributed by atoms with Gasteiger partial charge in [-0.05, 0) is 0 Å². The van der Waals surface area contributed by atoms with Gasteiger partial charge in [0.25, 0.3) is 0 Å². The first-order chi connectivity index (χ1) is 4.83. The third-order valence-electron chi connectivity index (χ3n) is 0.498. The maximum Gasteiger partial charge on any atom is 0.505 e. The van der Waals surface area contributed by atoms with Gasteiger partial charge in [0.2, 0.25) is 5.78 Å². The van der Waals surface area contributed by atoms with Crippen LogP contribution in [0.15, 0.2) is 0 Å². The second-order valence-electron chi connectivity index (χ2n) is 1.49.